The molecule has 0 amide bonds. The summed E-state index contributed by atoms with van der Waals surface area (Å²) >= 11 is 0. The van der Waals surface area contributed by atoms with Gasteiger partial charge in [0.1, 0.15) is 10.7 Å². The predicted molar refractivity (Wildman–Crippen MR) is 117 cm³/mol. The molecule has 1 aliphatic heterocycles. The van der Waals surface area contributed by atoms with Gasteiger partial charge < -0.3 is 14.5 Å². The second-order valence-electron chi connectivity index (χ2n) is 7.75. The number of nitrogens with zero attached hydrogens (tertiary/aromatic N) is 6. The molecule has 0 aliphatic carbocycles. The molecule has 1 aliphatic rings. The SMILES string of the molecule is COc1ccnc(N2CCN(c3ccc(S(=O)(=O)N(C(C)C)C(C)C)cn3)CC2)n1. The smallest absolute Gasteiger partial charge is 0.245 e. The molecule has 164 valence electrons. The van der Waals surface area contributed by atoms with Crippen LogP contribution in [0, 0.1) is 0 Å². The number of hydrogen-bond acceptors (Lipinski definition) is 8. The van der Waals surface area contributed by atoms with Gasteiger partial charge in [-0.15, -0.1) is 0 Å². The maximum absolute atomic E-state index is 13.0. The van der Waals surface area contributed by atoms with Crippen LogP contribution >= 0.6 is 0 Å². The van der Waals surface area contributed by atoms with E-state index >= 15 is 0 Å². The first kappa shape index (κ1) is 22.2. The summed E-state index contributed by atoms with van der Waals surface area (Å²) in [6.45, 7) is 10.5. The third-order valence-corrected chi connectivity index (χ3v) is 7.26. The van der Waals surface area contributed by atoms with Gasteiger partial charge in [0, 0.05) is 56.7 Å². The number of pyridine rings is 1. The maximum Gasteiger partial charge on any atom is 0.245 e. The Hall–Kier alpha value is -2.46. The average molecular weight is 435 g/mol. The Balaban J connectivity index is 1.69. The van der Waals surface area contributed by atoms with Gasteiger partial charge in [0.05, 0.1) is 7.11 Å². The number of anilines is 2. The van der Waals surface area contributed by atoms with Crippen LogP contribution < -0.4 is 14.5 Å². The van der Waals surface area contributed by atoms with E-state index in [9.17, 15) is 8.42 Å². The van der Waals surface area contributed by atoms with Gasteiger partial charge in [0.15, 0.2) is 0 Å². The number of aromatic nitrogens is 3. The first-order chi connectivity index (χ1) is 14.2. The summed E-state index contributed by atoms with van der Waals surface area (Å²) < 4.78 is 32.7. The highest BCUT2D eigenvalue weighted by Crippen LogP contribution is 2.23. The number of hydrogen-bond donors (Lipinski definition) is 0. The second kappa shape index (κ2) is 9.13. The summed E-state index contributed by atoms with van der Waals surface area (Å²) in [5, 5.41) is 0. The second-order valence-corrected chi connectivity index (χ2v) is 9.59. The highest BCUT2D eigenvalue weighted by atomic mass is 32.2. The summed E-state index contributed by atoms with van der Waals surface area (Å²) in [6.07, 6.45) is 3.14. The van der Waals surface area contributed by atoms with E-state index in [-0.39, 0.29) is 17.0 Å². The zero-order chi connectivity index (χ0) is 21.9. The van der Waals surface area contributed by atoms with Crippen molar-refractivity contribution >= 4 is 21.8 Å². The topological polar surface area (TPSA) is 91.8 Å². The molecule has 0 spiro atoms. The molecule has 30 heavy (non-hydrogen) atoms. The van der Waals surface area contributed by atoms with Gasteiger partial charge in [-0.25, -0.2) is 18.4 Å². The Bertz CT molecular complexity index is 933. The van der Waals surface area contributed by atoms with Crippen LogP contribution in [-0.2, 0) is 10.0 Å². The average Bonchev–Trinajstić information content (AvgIpc) is 2.73. The van der Waals surface area contributed by atoms with E-state index in [0.717, 1.165) is 32.0 Å². The van der Waals surface area contributed by atoms with Gasteiger partial charge in [-0.3, -0.25) is 0 Å². The van der Waals surface area contributed by atoms with E-state index < -0.39 is 10.0 Å². The van der Waals surface area contributed by atoms with E-state index in [1.54, 1.807) is 31.5 Å². The van der Waals surface area contributed by atoms with Crippen LogP contribution in [0.2, 0.25) is 0 Å². The lowest BCUT2D eigenvalue weighted by Crippen LogP contribution is -2.47. The zero-order valence-electron chi connectivity index (χ0n) is 18.2. The van der Waals surface area contributed by atoms with Crippen molar-refractivity contribution in [3.8, 4) is 5.88 Å². The Morgan fingerprint density at radius 1 is 0.967 bits per heavy atom. The molecule has 1 saturated heterocycles. The molecule has 0 saturated carbocycles. The molecule has 3 heterocycles. The molecule has 0 aromatic carbocycles. The minimum absolute atomic E-state index is 0.124. The number of rotatable bonds is 7. The monoisotopic (exact) mass is 434 g/mol. The molecule has 0 bridgehead atoms. The van der Waals surface area contributed by atoms with Gasteiger partial charge >= 0.3 is 0 Å². The van der Waals surface area contributed by atoms with Crippen molar-refractivity contribution in [1.82, 2.24) is 19.3 Å². The van der Waals surface area contributed by atoms with E-state index in [1.165, 1.54) is 10.5 Å². The van der Waals surface area contributed by atoms with Crippen LogP contribution in [0.15, 0.2) is 35.5 Å². The first-order valence-electron chi connectivity index (χ1n) is 10.1. The minimum atomic E-state index is -3.58. The van der Waals surface area contributed by atoms with Crippen molar-refractivity contribution in [3.05, 3.63) is 30.6 Å². The fourth-order valence-electron chi connectivity index (χ4n) is 3.72. The van der Waals surface area contributed by atoms with Gasteiger partial charge in [0.25, 0.3) is 0 Å². The minimum Gasteiger partial charge on any atom is -0.481 e. The van der Waals surface area contributed by atoms with Crippen LogP contribution in [0.5, 0.6) is 5.88 Å². The lowest BCUT2D eigenvalue weighted by Gasteiger charge is -2.35. The van der Waals surface area contributed by atoms with Crippen molar-refractivity contribution in [1.29, 1.82) is 0 Å². The highest BCUT2D eigenvalue weighted by molar-refractivity contribution is 7.89. The fraction of sp³-hybridized carbons (Fsp3) is 0.550. The molecule has 0 N–H and O–H groups in total. The van der Waals surface area contributed by atoms with Crippen LogP contribution in [0.1, 0.15) is 27.7 Å². The van der Waals surface area contributed by atoms with Gasteiger partial charge in [-0.05, 0) is 39.8 Å². The number of methoxy groups -OCH3 is 1. The Morgan fingerprint density at radius 2 is 1.60 bits per heavy atom. The van der Waals surface area contributed by atoms with Gasteiger partial charge in [-0.2, -0.15) is 9.29 Å². The Morgan fingerprint density at radius 3 is 2.13 bits per heavy atom. The molecule has 9 nitrogen and oxygen atoms in total. The van der Waals surface area contributed by atoms with E-state index in [1.807, 2.05) is 27.7 Å². The zero-order valence-corrected chi connectivity index (χ0v) is 19.0. The highest BCUT2D eigenvalue weighted by Gasteiger charge is 2.30. The van der Waals surface area contributed by atoms with Crippen molar-refractivity contribution in [3.63, 3.8) is 0 Å². The number of ether oxygens (including phenoxy) is 1. The summed E-state index contributed by atoms with van der Waals surface area (Å²) in [4.78, 5) is 17.6. The van der Waals surface area contributed by atoms with Crippen molar-refractivity contribution < 1.29 is 13.2 Å². The molecule has 0 atom stereocenters. The Labute approximate surface area is 178 Å². The van der Waals surface area contributed by atoms with Crippen LogP contribution in [0.4, 0.5) is 11.8 Å². The quantitative estimate of drug-likeness (QED) is 0.654. The van der Waals surface area contributed by atoms with E-state index in [2.05, 4.69) is 24.8 Å². The van der Waals surface area contributed by atoms with Gasteiger partial charge in [0.2, 0.25) is 21.9 Å². The van der Waals surface area contributed by atoms with Gasteiger partial charge in [-0.1, -0.05) is 0 Å². The third-order valence-electron chi connectivity index (χ3n) is 5.03. The number of sulfonamides is 1. The molecular weight excluding hydrogens is 404 g/mol. The summed E-state index contributed by atoms with van der Waals surface area (Å²) in [7, 11) is -2.00. The maximum atomic E-state index is 13.0. The fourth-order valence-corrected chi connectivity index (χ4v) is 5.50. The van der Waals surface area contributed by atoms with E-state index in [4.69, 9.17) is 4.74 Å². The number of piperazine rings is 1. The molecule has 1 fully saturated rings. The van der Waals surface area contributed by atoms with Crippen molar-refractivity contribution in [2.75, 3.05) is 43.1 Å². The molecule has 3 rings (SSSR count). The summed E-state index contributed by atoms with van der Waals surface area (Å²) in [5.41, 5.74) is 0. The molecule has 0 unspecified atom stereocenters. The van der Waals surface area contributed by atoms with Crippen molar-refractivity contribution in [2.45, 2.75) is 44.7 Å². The summed E-state index contributed by atoms with van der Waals surface area (Å²) in [5.74, 6) is 1.95. The molecule has 0 radical (unpaired) electrons. The molecule has 2 aromatic heterocycles. The third kappa shape index (κ3) is 4.65. The van der Waals surface area contributed by atoms with Crippen LogP contribution in [0.25, 0.3) is 0 Å². The van der Waals surface area contributed by atoms with Crippen molar-refractivity contribution in [2.24, 2.45) is 0 Å². The lowest BCUT2D eigenvalue weighted by molar-refractivity contribution is 0.302. The predicted octanol–water partition coefficient (Wildman–Crippen LogP) is 2.01. The first-order valence-corrected chi connectivity index (χ1v) is 11.5. The summed E-state index contributed by atoms with van der Waals surface area (Å²) in [6, 6.07) is 4.90. The van der Waals surface area contributed by atoms with Crippen LogP contribution in [0.3, 0.4) is 0 Å². The largest absolute Gasteiger partial charge is 0.481 e. The standard InChI is InChI=1S/C20H30N6O3S/c1-15(2)26(16(3)4)30(27,28)17-6-7-18(22-14-17)24-10-12-25(13-11-24)20-21-9-8-19(23-20)29-5/h6-9,14-16H,10-13H2,1-5H3. The normalized spacial score (nSPS) is 15.3. The molecule has 2 aromatic rings. The Kier molecular flexibility index (Phi) is 6.77. The van der Waals surface area contributed by atoms with E-state index in [0.29, 0.717) is 11.8 Å². The molecular formula is C20H30N6O3S. The van der Waals surface area contributed by atoms with Crippen LogP contribution in [-0.4, -0.2) is 73.0 Å². The lowest BCUT2D eigenvalue weighted by atomic mass is 10.3. The molecule has 10 heteroatoms.